The van der Waals surface area contributed by atoms with Gasteiger partial charge in [0.05, 0.1) is 18.4 Å². The van der Waals surface area contributed by atoms with Gasteiger partial charge in [0.15, 0.2) is 0 Å². The molecule has 3 aromatic rings. The molecule has 1 aliphatic carbocycles. The van der Waals surface area contributed by atoms with Crippen LogP contribution in [0.1, 0.15) is 43.0 Å². The Morgan fingerprint density at radius 1 is 1.17 bits per heavy atom. The highest BCUT2D eigenvalue weighted by Gasteiger charge is 2.35. The number of halogens is 2. The summed E-state index contributed by atoms with van der Waals surface area (Å²) < 4.78 is 33.8. The number of oxazole rings is 1. The fourth-order valence-electron chi connectivity index (χ4n) is 3.43. The third-order valence-corrected chi connectivity index (χ3v) is 4.89. The largest absolute Gasteiger partial charge is 0.447 e. The molecule has 0 aliphatic heterocycles. The van der Waals surface area contributed by atoms with Gasteiger partial charge in [-0.2, -0.15) is 15.1 Å². The smallest absolute Gasteiger partial charge is 0.254 e. The summed E-state index contributed by atoms with van der Waals surface area (Å²) >= 11 is 0. The van der Waals surface area contributed by atoms with Gasteiger partial charge in [-0.25, -0.2) is 18.4 Å². The lowest BCUT2D eigenvalue weighted by molar-refractivity contribution is -0.0361. The predicted molar refractivity (Wildman–Crippen MR) is 103 cm³/mol. The van der Waals surface area contributed by atoms with E-state index in [1.807, 2.05) is 19.9 Å². The molecule has 1 aliphatic rings. The number of alkyl halides is 2. The number of aromatic nitrogens is 5. The molecule has 0 bridgehead atoms. The maximum Gasteiger partial charge on any atom is 0.254 e. The SMILES string of the molecule is Cc1cc(C)n(-c2nc(NCc3ncco3)cc(NC3CCC(F)(F)CC3)n2)n1. The van der Waals surface area contributed by atoms with Gasteiger partial charge in [-0.3, -0.25) is 0 Å². The van der Waals surface area contributed by atoms with Gasteiger partial charge in [0.25, 0.3) is 5.95 Å². The van der Waals surface area contributed by atoms with Crippen molar-refractivity contribution in [1.29, 1.82) is 0 Å². The van der Waals surface area contributed by atoms with E-state index < -0.39 is 5.92 Å². The summed E-state index contributed by atoms with van der Waals surface area (Å²) in [5.41, 5.74) is 1.75. The van der Waals surface area contributed by atoms with Crippen molar-refractivity contribution >= 4 is 11.6 Å². The molecule has 0 radical (unpaired) electrons. The third-order valence-electron chi connectivity index (χ3n) is 4.89. The van der Waals surface area contributed by atoms with Crippen molar-refractivity contribution in [3.63, 3.8) is 0 Å². The molecule has 0 spiro atoms. The number of hydrogen-bond donors (Lipinski definition) is 2. The Bertz CT molecular complexity index is 961. The van der Waals surface area contributed by atoms with Crippen LogP contribution >= 0.6 is 0 Å². The van der Waals surface area contributed by atoms with E-state index in [1.54, 1.807) is 16.9 Å². The normalized spacial score (nSPS) is 16.7. The summed E-state index contributed by atoms with van der Waals surface area (Å²) in [6.07, 6.45) is 3.63. The van der Waals surface area contributed by atoms with Gasteiger partial charge < -0.3 is 15.1 Å². The van der Waals surface area contributed by atoms with Gasteiger partial charge in [-0.1, -0.05) is 0 Å². The molecule has 2 N–H and O–H groups in total. The van der Waals surface area contributed by atoms with Crippen LogP contribution in [0.3, 0.4) is 0 Å². The van der Waals surface area contributed by atoms with Crippen LogP contribution in [-0.2, 0) is 6.54 Å². The average molecular weight is 403 g/mol. The van der Waals surface area contributed by atoms with E-state index in [0.717, 1.165) is 11.4 Å². The molecule has 10 heteroatoms. The summed E-state index contributed by atoms with van der Waals surface area (Å²) in [7, 11) is 0. The second kappa shape index (κ2) is 7.76. The van der Waals surface area contributed by atoms with Gasteiger partial charge in [0.2, 0.25) is 11.8 Å². The summed E-state index contributed by atoms with van der Waals surface area (Å²) in [5, 5.41) is 10.9. The minimum atomic E-state index is -2.57. The van der Waals surface area contributed by atoms with E-state index in [0.29, 0.717) is 42.9 Å². The lowest BCUT2D eigenvalue weighted by atomic mass is 9.92. The van der Waals surface area contributed by atoms with Gasteiger partial charge in [-0.05, 0) is 32.8 Å². The number of nitrogens with one attached hydrogen (secondary N) is 2. The molecule has 1 saturated carbocycles. The number of hydrogen-bond acceptors (Lipinski definition) is 7. The van der Waals surface area contributed by atoms with E-state index in [4.69, 9.17) is 4.42 Å². The highest BCUT2D eigenvalue weighted by molar-refractivity contribution is 5.50. The van der Waals surface area contributed by atoms with Crippen LogP contribution in [0.5, 0.6) is 0 Å². The molecule has 0 aromatic carbocycles. The lowest BCUT2D eigenvalue weighted by Crippen LogP contribution is -2.32. The molecule has 0 amide bonds. The van der Waals surface area contributed by atoms with Crippen LogP contribution in [0.2, 0.25) is 0 Å². The van der Waals surface area contributed by atoms with Crippen molar-refractivity contribution in [3.05, 3.63) is 41.9 Å². The minimum absolute atomic E-state index is 0.0579. The van der Waals surface area contributed by atoms with E-state index >= 15 is 0 Å². The van der Waals surface area contributed by atoms with E-state index in [-0.39, 0.29) is 18.9 Å². The molecule has 8 nitrogen and oxygen atoms in total. The zero-order valence-electron chi connectivity index (χ0n) is 16.3. The second-order valence-corrected chi connectivity index (χ2v) is 7.33. The Labute approximate surface area is 166 Å². The quantitative estimate of drug-likeness (QED) is 0.645. The van der Waals surface area contributed by atoms with Gasteiger partial charge in [-0.15, -0.1) is 0 Å². The van der Waals surface area contributed by atoms with Crippen LogP contribution in [0, 0.1) is 13.8 Å². The first kappa shape index (κ1) is 19.3. The highest BCUT2D eigenvalue weighted by Crippen LogP contribution is 2.34. The molecule has 3 heterocycles. The predicted octanol–water partition coefficient (Wildman–Crippen LogP) is 3.87. The molecule has 0 saturated heterocycles. The Kier molecular flexibility index (Phi) is 5.16. The van der Waals surface area contributed by atoms with E-state index in [9.17, 15) is 8.78 Å². The molecular weight excluding hydrogens is 380 g/mol. The van der Waals surface area contributed by atoms with Gasteiger partial charge in [0, 0.05) is 30.6 Å². The first-order valence-corrected chi connectivity index (χ1v) is 9.57. The van der Waals surface area contributed by atoms with E-state index in [2.05, 4.69) is 30.7 Å². The zero-order valence-corrected chi connectivity index (χ0v) is 16.3. The van der Waals surface area contributed by atoms with E-state index in [1.165, 1.54) is 6.26 Å². The van der Waals surface area contributed by atoms with Crippen LogP contribution in [0.15, 0.2) is 29.0 Å². The summed E-state index contributed by atoms with van der Waals surface area (Å²) in [6.45, 7) is 4.18. The van der Waals surface area contributed by atoms with Crippen molar-refractivity contribution < 1.29 is 13.2 Å². The average Bonchev–Trinajstić information content (AvgIpc) is 3.31. The fourth-order valence-corrected chi connectivity index (χ4v) is 3.43. The van der Waals surface area contributed by atoms with Gasteiger partial charge >= 0.3 is 0 Å². The molecule has 29 heavy (non-hydrogen) atoms. The Hall–Kier alpha value is -3.04. The Morgan fingerprint density at radius 3 is 2.59 bits per heavy atom. The van der Waals surface area contributed by atoms with Crippen molar-refractivity contribution in [2.45, 2.75) is 58.0 Å². The topological polar surface area (TPSA) is 93.7 Å². The minimum Gasteiger partial charge on any atom is -0.447 e. The highest BCUT2D eigenvalue weighted by atomic mass is 19.3. The monoisotopic (exact) mass is 403 g/mol. The molecule has 1 fully saturated rings. The van der Waals surface area contributed by atoms with Crippen LogP contribution in [-0.4, -0.2) is 36.7 Å². The summed E-state index contributed by atoms with van der Waals surface area (Å²) in [4.78, 5) is 13.2. The molecular formula is C19H23F2N7O. The molecule has 0 unspecified atom stereocenters. The molecule has 3 aromatic heterocycles. The first-order valence-electron chi connectivity index (χ1n) is 9.57. The van der Waals surface area contributed by atoms with Crippen molar-refractivity contribution in [3.8, 4) is 5.95 Å². The molecule has 0 atom stereocenters. The maximum atomic E-state index is 13.5. The van der Waals surface area contributed by atoms with Crippen LogP contribution in [0.4, 0.5) is 20.4 Å². The second-order valence-electron chi connectivity index (χ2n) is 7.33. The number of aryl methyl sites for hydroxylation is 2. The van der Waals surface area contributed by atoms with Crippen LogP contribution < -0.4 is 10.6 Å². The molecule has 4 rings (SSSR count). The lowest BCUT2D eigenvalue weighted by Gasteiger charge is -2.29. The van der Waals surface area contributed by atoms with Crippen molar-refractivity contribution in [1.82, 2.24) is 24.7 Å². The number of anilines is 2. The van der Waals surface area contributed by atoms with Crippen LogP contribution in [0.25, 0.3) is 5.95 Å². The third kappa shape index (κ3) is 4.69. The first-order chi connectivity index (χ1) is 13.9. The Morgan fingerprint density at radius 2 is 1.93 bits per heavy atom. The maximum absolute atomic E-state index is 13.5. The number of rotatable bonds is 6. The Balaban J connectivity index is 1.58. The van der Waals surface area contributed by atoms with Gasteiger partial charge in [0.1, 0.15) is 17.9 Å². The summed E-state index contributed by atoms with van der Waals surface area (Å²) in [6, 6.07) is 3.63. The van der Waals surface area contributed by atoms with Crippen molar-refractivity contribution in [2.24, 2.45) is 0 Å². The summed E-state index contributed by atoms with van der Waals surface area (Å²) in [5.74, 6) is -0.518. The fraction of sp³-hybridized carbons (Fsp3) is 0.474. The number of nitrogens with zero attached hydrogens (tertiary/aromatic N) is 5. The van der Waals surface area contributed by atoms with Crippen molar-refractivity contribution in [2.75, 3.05) is 10.6 Å². The molecule has 154 valence electrons. The zero-order chi connectivity index (χ0) is 20.4. The standard InChI is InChI=1S/C19H23F2N7O/c1-12-9-13(2)28(27-12)18-25-15(23-11-17-22-7-8-29-17)10-16(26-18)24-14-3-5-19(20,21)6-4-14/h7-10,14H,3-6,11H2,1-2H3,(H2,23,24,25,26).